The van der Waals surface area contributed by atoms with Crippen LogP contribution in [0.2, 0.25) is 0 Å². The van der Waals surface area contributed by atoms with Gasteiger partial charge in [-0.25, -0.2) is 33.6 Å². The molecule has 0 saturated carbocycles. The van der Waals surface area contributed by atoms with E-state index in [-0.39, 0.29) is 203 Å². The summed E-state index contributed by atoms with van der Waals surface area (Å²) >= 11 is 0. The molecule has 0 radical (unpaired) electrons. The van der Waals surface area contributed by atoms with E-state index in [0.717, 1.165) is 0 Å². The summed E-state index contributed by atoms with van der Waals surface area (Å²) < 4.78 is 0. The molecule has 0 aromatic carbocycles. The van der Waals surface area contributed by atoms with E-state index in [4.69, 9.17) is 105 Å². The first kappa shape index (κ1) is 76.5. The predicted molar refractivity (Wildman–Crippen MR) is 114 cm³/mol. The fraction of sp³-hybridized carbons (Fsp3) is 0. The molecule has 26 heteroatoms. The van der Waals surface area contributed by atoms with Crippen molar-refractivity contribution >= 4 is 232 Å². The Hall–Kier alpha value is 1.19. The third-order valence-electron chi connectivity index (χ3n) is 0. The van der Waals surface area contributed by atoms with Gasteiger partial charge in [0, 0.05) is 0 Å². The van der Waals surface area contributed by atoms with Gasteiger partial charge >= 0.3 is 232 Å². The van der Waals surface area contributed by atoms with E-state index in [1.54, 1.807) is 0 Å². The minimum atomic E-state index is -1.83. The molecule has 0 aromatic rings. The molecule has 0 amide bonds. The van der Waals surface area contributed by atoms with Crippen LogP contribution in [0.4, 0.5) is 33.6 Å². The second-order valence-corrected chi connectivity index (χ2v) is 1.98. The zero-order valence-electron chi connectivity index (χ0n) is 26.2. The SMILES string of the molecule is O=C(O)O.O=C(O)O.O=C(O)O.O=C(O)O.O=C(O)O.O=C(O)O.O=C(O)O.[Ca+2].[Ca+2].[Ca+2].[Ca+2].[Ca+2].[H-].[H-].[H-].[H-].[H-].[H-].[H-].[H-].[H-].[H-]. The van der Waals surface area contributed by atoms with E-state index in [0.29, 0.717) is 0 Å². The molecule has 0 aliphatic rings. The van der Waals surface area contributed by atoms with Crippen LogP contribution in [0.1, 0.15) is 14.3 Å². The zero-order valence-corrected chi connectivity index (χ0v) is 27.2. The molecule has 0 atom stereocenters. The van der Waals surface area contributed by atoms with Crippen LogP contribution >= 0.6 is 0 Å². The number of carbonyl (C=O) groups is 7. The molecule has 33 heavy (non-hydrogen) atoms. The van der Waals surface area contributed by atoms with Gasteiger partial charge in [0.25, 0.3) is 0 Å². The molecule has 188 valence electrons. The smallest absolute Gasteiger partial charge is 1.00 e. The van der Waals surface area contributed by atoms with Crippen LogP contribution in [0, 0.1) is 0 Å². The molecule has 21 nitrogen and oxygen atoms in total. The molecule has 0 bridgehead atoms. The van der Waals surface area contributed by atoms with Crippen molar-refractivity contribution in [1.82, 2.24) is 0 Å². The Labute approximate surface area is 345 Å². The Morgan fingerprint density at radius 3 is 0.242 bits per heavy atom. The maximum atomic E-state index is 8.56. The van der Waals surface area contributed by atoms with Crippen LogP contribution in [0.15, 0.2) is 0 Å². The minimum absolute atomic E-state index is 0. The summed E-state index contributed by atoms with van der Waals surface area (Å²) in [4.78, 5) is 59.9. The Bertz CT molecular complexity index is 356. The molecule has 0 spiro atoms. The zero-order chi connectivity index (χ0) is 25.0. The summed E-state index contributed by atoms with van der Waals surface area (Å²) in [6.07, 6.45) is -12.8. The van der Waals surface area contributed by atoms with Crippen molar-refractivity contribution in [3.8, 4) is 0 Å². The van der Waals surface area contributed by atoms with E-state index in [2.05, 4.69) is 0 Å². The maximum absolute atomic E-state index is 8.56. The normalized spacial score (nSPS) is 5.09. The Kier molecular flexibility index (Phi) is 162. The predicted octanol–water partition coefficient (Wildman–Crippen LogP) is 0.778. The van der Waals surface area contributed by atoms with E-state index in [1.807, 2.05) is 0 Å². The van der Waals surface area contributed by atoms with Gasteiger partial charge < -0.3 is 85.8 Å². The number of carboxylic acid groups (broad SMARTS) is 14. The van der Waals surface area contributed by atoms with Gasteiger partial charge in [-0.1, -0.05) is 0 Å². The van der Waals surface area contributed by atoms with E-state index >= 15 is 0 Å². The van der Waals surface area contributed by atoms with Crippen LogP contribution in [-0.2, 0) is 0 Å². The van der Waals surface area contributed by atoms with Crippen LogP contribution in [0.5, 0.6) is 0 Å². The number of hydrogen-bond donors (Lipinski definition) is 14. The van der Waals surface area contributed by atoms with Crippen LogP contribution < -0.4 is 0 Å². The number of hydrogen-bond acceptors (Lipinski definition) is 7. The minimum Gasteiger partial charge on any atom is -1.00 e. The Morgan fingerprint density at radius 2 is 0.242 bits per heavy atom. The molecule has 0 saturated heterocycles. The van der Waals surface area contributed by atoms with Gasteiger partial charge in [-0.2, -0.15) is 0 Å². The molecule has 0 aliphatic heterocycles. The van der Waals surface area contributed by atoms with Gasteiger partial charge in [0.1, 0.15) is 0 Å². The fourth-order valence-corrected chi connectivity index (χ4v) is 0. The standard InChI is InChI=1S/7CH2O3.5Ca.10H/c7*2-1(3)4;;;;;;;;;;;;;;;/h7*(H2,2,3,4);;;;;;;;;;;;;;;/q;;;;;;;5*+2;10*-1. The monoisotopic (exact) mass is 644 g/mol. The number of rotatable bonds is 0. The van der Waals surface area contributed by atoms with Gasteiger partial charge in [0.05, 0.1) is 0 Å². The molecular weight excluding hydrogens is 620 g/mol. The van der Waals surface area contributed by atoms with Crippen molar-refractivity contribution in [1.29, 1.82) is 0 Å². The van der Waals surface area contributed by atoms with Gasteiger partial charge in [-0.3, -0.25) is 0 Å². The first-order chi connectivity index (χ1) is 12.1. The summed E-state index contributed by atoms with van der Waals surface area (Å²) in [6, 6.07) is 0. The van der Waals surface area contributed by atoms with Gasteiger partial charge in [-0.15, -0.1) is 0 Å². The largest absolute Gasteiger partial charge is 2.00 e. The summed E-state index contributed by atoms with van der Waals surface area (Å²) in [5.41, 5.74) is 0. The molecule has 0 aliphatic carbocycles. The van der Waals surface area contributed by atoms with E-state index < -0.39 is 43.1 Å². The first-order valence-corrected chi connectivity index (χ1v) is 4.56. The molecule has 14 N–H and O–H groups in total. The summed E-state index contributed by atoms with van der Waals surface area (Å²) in [7, 11) is 0. The topological polar surface area (TPSA) is 403 Å². The van der Waals surface area contributed by atoms with Crippen molar-refractivity contribution in [2.45, 2.75) is 0 Å². The second-order valence-electron chi connectivity index (χ2n) is 1.98. The van der Waals surface area contributed by atoms with Gasteiger partial charge in [0.15, 0.2) is 0 Å². The molecule has 0 unspecified atom stereocenters. The van der Waals surface area contributed by atoms with Crippen molar-refractivity contribution in [2.24, 2.45) is 0 Å². The van der Waals surface area contributed by atoms with Crippen molar-refractivity contribution in [3.63, 3.8) is 0 Å². The average Bonchev–Trinajstić information content (AvgIpc) is 2.20. The third kappa shape index (κ3) is 22800. The summed E-state index contributed by atoms with van der Waals surface area (Å²) in [5, 5.41) is 97.6. The summed E-state index contributed by atoms with van der Waals surface area (Å²) in [6.45, 7) is 0. The maximum Gasteiger partial charge on any atom is 2.00 e. The third-order valence-corrected chi connectivity index (χ3v) is 0. The molecular formula is C7H24Ca5O21. The van der Waals surface area contributed by atoms with Gasteiger partial charge in [-0.05, 0) is 0 Å². The van der Waals surface area contributed by atoms with Gasteiger partial charge in [0.2, 0.25) is 0 Å². The van der Waals surface area contributed by atoms with Crippen LogP contribution in [0.25, 0.3) is 0 Å². The van der Waals surface area contributed by atoms with Crippen molar-refractivity contribution < 1.29 is 119 Å². The molecule has 0 rings (SSSR count). The van der Waals surface area contributed by atoms with Crippen LogP contribution in [-0.4, -0.2) is 303 Å². The Morgan fingerprint density at radius 1 is 0.242 bits per heavy atom. The first-order valence-electron chi connectivity index (χ1n) is 4.56. The average molecular weight is 645 g/mol. The molecule has 0 heterocycles. The van der Waals surface area contributed by atoms with Crippen molar-refractivity contribution in [3.05, 3.63) is 0 Å². The molecule has 0 aromatic heterocycles. The second kappa shape index (κ2) is 69.8. The van der Waals surface area contributed by atoms with Crippen LogP contribution in [0.3, 0.4) is 0 Å². The van der Waals surface area contributed by atoms with E-state index in [1.165, 1.54) is 0 Å². The molecule has 0 fully saturated rings. The Balaban J connectivity index is -0.00000000565. The van der Waals surface area contributed by atoms with E-state index in [9.17, 15) is 0 Å². The quantitative estimate of drug-likeness (QED) is 0.162. The summed E-state index contributed by atoms with van der Waals surface area (Å²) in [5.74, 6) is 0. The fourth-order valence-electron chi connectivity index (χ4n) is 0. The van der Waals surface area contributed by atoms with Crippen molar-refractivity contribution in [2.75, 3.05) is 0 Å².